The Bertz CT molecular complexity index is 1010. The summed E-state index contributed by atoms with van der Waals surface area (Å²) in [5, 5.41) is 5.47. The van der Waals surface area contributed by atoms with E-state index in [0.29, 0.717) is 18.8 Å². The van der Waals surface area contributed by atoms with Crippen LogP contribution in [0.4, 0.5) is 0 Å². The molecule has 0 bridgehead atoms. The normalized spacial score (nSPS) is 13.8. The molecule has 2 amide bonds. The minimum atomic E-state index is -0.260. The van der Waals surface area contributed by atoms with Crippen molar-refractivity contribution in [2.24, 2.45) is 0 Å². The molecule has 0 N–H and O–H groups in total. The number of pyridine rings is 2. The fourth-order valence-corrected chi connectivity index (χ4v) is 4.22. The van der Waals surface area contributed by atoms with E-state index >= 15 is 0 Å². The van der Waals surface area contributed by atoms with Gasteiger partial charge in [-0.2, -0.15) is 0 Å². The molecule has 0 saturated carbocycles. The van der Waals surface area contributed by atoms with Gasteiger partial charge in [0.2, 0.25) is 5.91 Å². The molecule has 9 heteroatoms. The summed E-state index contributed by atoms with van der Waals surface area (Å²) in [7, 11) is 0. The Morgan fingerprint density at radius 1 is 1.14 bits per heavy atom. The summed E-state index contributed by atoms with van der Waals surface area (Å²) >= 11 is 4.75. The maximum atomic E-state index is 13.0. The summed E-state index contributed by atoms with van der Waals surface area (Å²) in [5.74, 6) is -0.391. The molecule has 4 rings (SSSR count). The molecule has 0 spiro atoms. The third-order valence-electron chi connectivity index (χ3n) is 4.30. The maximum absolute atomic E-state index is 13.0. The Morgan fingerprint density at radius 2 is 2.00 bits per heavy atom. The number of hydrogen-bond acceptors (Lipinski definition) is 6. The van der Waals surface area contributed by atoms with Crippen LogP contribution in [0.25, 0.3) is 10.6 Å². The van der Waals surface area contributed by atoms with Gasteiger partial charge in [-0.25, -0.2) is 9.99 Å². The highest BCUT2D eigenvalue weighted by Gasteiger charge is 2.32. The number of carbonyl (C=O) groups excluding carboxylic acids is 2. The van der Waals surface area contributed by atoms with Gasteiger partial charge in [-0.05, 0) is 46.1 Å². The molecule has 0 aliphatic carbocycles. The largest absolute Gasteiger partial charge is 0.291 e. The minimum Gasteiger partial charge on any atom is -0.273 e. The Morgan fingerprint density at radius 3 is 2.79 bits per heavy atom. The van der Waals surface area contributed by atoms with E-state index in [1.54, 1.807) is 30.2 Å². The Balaban J connectivity index is 1.49. The lowest BCUT2D eigenvalue weighted by Crippen LogP contribution is -2.45. The zero-order chi connectivity index (χ0) is 19.5. The Labute approximate surface area is 174 Å². The molecule has 0 unspecified atom stereocenters. The SMILES string of the molecule is O=C(Cc1cncc(Br)c1)N1CCCN1C(=O)c1csc(-c2cccnc2)n1. The quantitative estimate of drug-likeness (QED) is 0.600. The number of thiazole rings is 1. The van der Waals surface area contributed by atoms with E-state index in [1.807, 2.05) is 18.2 Å². The van der Waals surface area contributed by atoms with Crippen molar-refractivity contribution in [2.75, 3.05) is 13.1 Å². The summed E-state index contributed by atoms with van der Waals surface area (Å²) in [6.45, 7) is 1.02. The first-order valence-corrected chi connectivity index (χ1v) is 10.4. The fourth-order valence-electron chi connectivity index (χ4n) is 3.03. The van der Waals surface area contributed by atoms with Crippen LogP contribution in [0, 0.1) is 0 Å². The van der Waals surface area contributed by atoms with Crippen molar-refractivity contribution in [3.8, 4) is 10.6 Å². The highest BCUT2D eigenvalue weighted by Crippen LogP contribution is 2.25. The number of aromatic nitrogens is 3. The molecule has 1 aliphatic heterocycles. The monoisotopic (exact) mass is 457 g/mol. The van der Waals surface area contributed by atoms with Crippen molar-refractivity contribution in [3.63, 3.8) is 0 Å². The minimum absolute atomic E-state index is 0.131. The molecule has 0 aromatic carbocycles. The fraction of sp³-hybridized carbons (Fsp3) is 0.211. The van der Waals surface area contributed by atoms with Gasteiger partial charge in [0.1, 0.15) is 10.7 Å². The topological polar surface area (TPSA) is 79.3 Å². The summed E-state index contributed by atoms with van der Waals surface area (Å²) in [4.78, 5) is 38.3. The number of nitrogens with zero attached hydrogens (tertiary/aromatic N) is 5. The zero-order valence-electron chi connectivity index (χ0n) is 14.8. The highest BCUT2D eigenvalue weighted by molar-refractivity contribution is 9.10. The van der Waals surface area contributed by atoms with Gasteiger partial charge in [0.25, 0.3) is 5.91 Å². The average Bonchev–Trinajstić information content (AvgIpc) is 3.38. The van der Waals surface area contributed by atoms with Crippen LogP contribution in [0.2, 0.25) is 0 Å². The molecule has 7 nitrogen and oxygen atoms in total. The van der Waals surface area contributed by atoms with E-state index in [-0.39, 0.29) is 18.2 Å². The molecule has 28 heavy (non-hydrogen) atoms. The smallest absolute Gasteiger partial charge is 0.273 e. The molecule has 1 saturated heterocycles. The number of carbonyl (C=O) groups is 2. The van der Waals surface area contributed by atoms with E-state index in [2.05, 4.69) is 30.9 Å². The first-order valence-electron chi connectivity index (χ1n) is 8.69. The molecule has 3 aromatic rings. The van der Waals surface area contributed by atoms with Crippen LogP contribution in [0.5, 0.6) is 0 Å². The second-order valence-electron chi connectivity index (χ2n) is 6.27. The number of halogens is 1. The van der Waals surface area contributed by atoms with Crippen LogP contribution in [-0.2, 0) is 11.2 Å². The van der Waals surface area contributed by atoms with Crippen molar-refractivity contribution < 1.29 is 9.59 Å². The molecule has 142 valence electrons. The lowest BCUT2D eigenvalue weighted by molar-refractivity contribution is -0.139. The summed E-state index contributed by atoms with van der Waals surface area (Å²) in [6, 6.07) is 5.58. The van der Waals surface area contributed by atoms with Gasteiger partial charge in [-0.15, -0.1) is 11.3 Å². The number of rotatable bonds is 4. The van der Waals surface area contributed by atoms with E-state index < -0.39 is 0 Å². The third kappa shape index (κ3) is 3.95. The summed E-state index contributed by atoms with van der Waals surface area (Å²) in [5.41, 5.74) is 2.00. The van der Waals surface area contributed by atoms with Crippen LogP contribution >= 0.6 is 27.3 Å². The summed E-state index contributed by atoms with van der Waals surface area (Å²) < 4.78 is 0.817. The Kier molecular flexibility index (Phi) is 5.45. The Hall–Kier alpha value is -2.65. The first kappa shape index (κ1) is 18.7. The van der Waals surface area contributed by atoms with E-state index in [1.165, 1.54) is 21.4 Å². The number of hydrazine groups is 1. The first-order chi connectivity index (χ1) is 13.6. The van der Waals surface area contributed by atoms with E-state index in [4.69, 9.17) is 0 Å². The van der Waals surface area contributed by atoms with Gasteiger partial charge in [-0.1, -0.05) is 0 Å². The van der Waals surface area contributed by atoms with Crippen molar-refractivity contribution >= 4 is 39.1 Å². The van der Waals surface area contributed by atoms with Gasteiger partial charge in [0.15, 0.2) is 0 Å². The van der Waals surface area contributed by atoms with Gasteiger partial charge in [0.05, 0.1) is 6.42 Å². The molecule has 1 aliphatic rings. The van der Waals surface area contributed by atoms with Crippen LogP contribution in [-0.4, -0.2) is 49.9 Å². The molecule has 1 fully saturated rings. The van der Waals surface area contributed by atoms with Gasteiger partial charge >= 0.3 is 0 Å². The zero-order valence-corrected chi connectivity index (χ0v) is 17.2. The lowest BCUT2D eigenvalue weighted by atomic mass is 10.2. The number of hydrogen-bond donors (Lipinski definition) is 0. The highest BCUT2D eigenvalue weighted by atomic mass is 79.9. The van der Waals surface area contributed by atoms with Crippen molar-refractivity contribution in [1.29, 1.82) is 0 Å². The second kappa shape index (κ2) is 8.15. The van der Waals surface area contributed by atoms with Gasteiger partial charge in [0, 0.05) is 53.3 Å². The number of amides is 2. The molecule has 0 atom stereocenters. The lowest BCUT2D eigenvalue weighted by Gasteiger charge is -2.27. The van der Waals surface area contributed by atoms with Crippen molar-refractivity contribution in [1.82, 2.24) is 25.0 Å². The third-order valence-corrected chi connectivity index (χ3v) is 5.63. The van der Waals surface area contributed by atoms with Crippen LogP contribution in [0.1, 0.15) is 22.5 Å². The van der Waals surface area contributed by atoms with Crippen LogP contribution < -0.4 is 0 Å². The van der Waals surface area contributed by atoms with E-state index in [0.717, 1.165) is 27.0 Å². The maximum Gasteiger partial charge on any atom is 0.291 e. The predicted molar refractivity (Wildman–Crippen MR) is 108 cm³/mol. The second-order valence-corrected chi connectivity index (χ2v) is 8.04. The molecule has 3 aromatic heterocycles. The van der Waals surface area contributed by atoms with Gasteiger partial charge in [-0.3, -0.25) is 24.6 Å². The average molecular weight is 458 g/mol. The molecular formula is C19H16BrN5O2S. The van der Waals surface area contributed by atoms with E-state index in [9.17, 15) is 9.59 Å². The standard InChI is InChI=1S/C19H16BrN5O2S/c20-15-7-13(9-22-11-15)8-17(26)24-5-2-6-25(24)19(27)16-12-28-18(23-16)14-3-1-4-21-10-14/h1,3-4,7,9-12H,2,5-6,8H2. The van der Waals surface area contributed by atoms with Gasteiger partial charge < -0.3 is 0 Å². The predicted octanol–water partition coefficient (Wildman–Crippen LogP) is 3.19. The van der Waals surface area contributed by atoms with Crippen LogP contribution in [0.15, 0.2) is 52.8 Å². The molecule has 0 radical (unpaired) electrons. The van der Waals surface area contributed by atoms with Crippen molar-refractivity contribution in [3.05, 3.63) is 64.1 Å². The van der Waals surface area contributed by atoms with Crippen molar-refractivity contribution in [2.45, 2.75) is 12.8 Å². The summed E-state index contributed by atoms with van der Waals surface area (Å²) in [6.07, 6.45) is 7.66. The van der Waals surface area contributed by atoms with Crippen LogP contribution in [0.3, 0.4) is 0 Å². The molecular weight excluding hydrogens is 442 g/mol. The molecule has 4 heterocycles.